The van der Waals surface area contributed by atoms with Gasteiger partial charge in [0, 0.05) is 19.4 Å². The molecule has 14 heavy (non-hydrogen) atoms. The van der Waals surface area contributed by atoms with E-state index in [4.69, 9.17) is 10.3 Å². The Bertz CT molecular complexity index is 310. The molecule has 6 nitrogen and oxygen atoms in total. The summed E-state index contributed by atoms with van der Waals surface area (Å²) in [5, 5.41) is 6.70. The van der Waals surface area contributed by atoms with Crippen molar-refractivity contribution >= 4 is 5.91 Å². The summed E-state index contributed by atoms with van der Waals surface area (Å²) in [6.07, 6.45) is 0. The molecule has 1 amide bonds. The second-order valence-corrected chi connectivity index (χ2v) is 3.16. The Balaban J connectivity index is 2.25. The normalized spacial score (nSPS) is 12.7. The fourth-order valence-corrected chi connectivity index (χ4v) is 0.914. The van der Waals surface area contributed by atoms with Crippen LogP contribution in [0.5, 0.6) is 0 Å². The van der Waals surface area contributed by atoms with E-state index < -0.39 is 0 Å². The molecular weight excluding hydrogens is 184 g/mol. The molecule has 1 rings (SSSR count). The predicted octanol–water partition coefficient (Wildman–Crippen LogP) is -0.411. The lowest BCUT2D eigenvalue weighted by Crippen LogP contribution is -2.30. The average Bonchev–Trinajstić information content (AvgIpc) is 2.51. The van der Waals surface area contributed by atoms with E-state index in [1.165, 1.54) is 0 Å². The molecule has 0 spiro atoms. The van der Waals surface area contributed by atoms with Gasteiger partial charge in [-0.2, -0.15) is 4.98 Å². The van der Waals surface area contributed by atoms with Crippen LogP contribution in [0.25, 0.3) is 0 Å². The van der Waals surface area contributed by atoms with Gasteiger partial charge in [-0.25, -0.2) is 0 Å². The van der Waals surface area contributed by atoms with Gasteiger partial charge in [-0.1, -0.05) is 12.1 Å². The van der Waals surface area contributed by atoms with Gasteiger partial charge in [0.25, 0.3) is 0 Å². The molecule has 1 atom stereocenters. The molecule has 1 heterocycles. The SMILES string of the molecule is Cc1nc(CNCC(C)C(N)=O)no1. The van der Waals surface area contributed by atoms with Crippen LogP contribution in [0.1, 0.15) is 18.6 Å². The van der Waals surface area contributed by atoms with Gasteiger partial charge in [-0.15, -0.1) is 0 Å². The summed E-state index contributed by atoms with van der Waals surface area (Å²) < 4.78 is 4.78. The third-order valence-electron chi connectivity index (χ3n) is 1.79. The first-order valence-electron chi connectivity index (χ1n) is 4.39. The molecule has 1 aromatic rings. The zero-order valence-corrected chi connectivity index (χ0v) is 8.28. The minimum Gasteiger partial charge on any atom is -0.369 e. The second kappa shape index (κ2) is 4.71. The fourth-order valence-electron chi connectivity index (χ4n) is 0.914. The third kappa shape index (κ3) is 3.14. The number of nitrogens with two attached hydrogens (primary N) is 1. The number of aryl methyl sites for hydroxylation is 1. The highest BCUT2D eigenvalue weighted by Crippen LogP contribution is 1.95. The first-order valence-corrected chi connectivity index (χ1v) is 4.39. The molecule has 78 valence electrons. The molecule has 0 aliphatic heterocycles. The van der Waals surface area contributed by atoms with Crippen LogP contribution >= 0.6 is 0 Å². The number of nitrogens with one attached hydrogen (secondary N) is 1. The highest BCUT2D eigenvalue weighted by molar-refractivity contribution is 5.76. The Morgan fingerprint density at radius 3 is 2.93 bits per heavy atom. The third-order valence-corrected chi connectivity index (χ3v) is 1.79. The van der Waals surface area contributed by atoms with Crippen molar-refractivity contribution in [1.29, 1.82) is 0 Å². The smallest absolute Gasteiger partial charge is 0.223 e. The number of rotatable bonds is 5. The summed E-state index contributed by atoms with van der Waals surface area (Å²) in [5.74, 6) is 0.605. The van der Waals surface area contributed by atoms with Gasteiger partial charge < -0.3 is 15.6 Å². The Hall–Kier alpha value is -1.43. The van der Waals surface area contributed by atoms with E-state index in [2.05, 4.69) is 15.5 Å². The van der Waals surface area contributed by atoms with E-state index in [1.807, 2.05) is 0 Å². The van der Waals surface area contributed by atoms with Crippen molar-refractivity contribution in [2.75, 3.05) is 6.54 Å². The van der Waals surface area contributed by atoms with E-state index in [-0.39, 0.29) is 11.8 Å². The van der Waals surface area contributed by atoms with Crippen molar-refractivity contribution in [1.82, 2.24) is 15.5 Å². The van der Waals surface area contributed by atoms with Gasteiger partial charge in [0.05, 0.1) is 6.54 Å². The minimum absolute atomic E-state index is 0.192. The number of primary amides is 1. The first-order chi connectivity index (χ1) is 6.59. The van der Waals surface area contributed by atoms with Crippen molar-refractivity contribution < 1.29 is 9.32 Å². The maximum Gasteiger partial charge on any atom is 0.223 e. The van der Waals surface area contributed by atoms with E-state index in [1.54, 1.807) is 13.8 Å². The van der Waals surface area contributed by atoms with Crippen LogP contribution in [-0.2, 0) is 11.3 Å². The molecule has 0 fully saturated rings. The Kier molecular flexibility index (Phi) is 3.58. The number of nitrogens with zero attached hydrogens (tertiary/aromatic N) is 2. The molecule has 0 saturated heterocycles. The van der Waals surface area contributed by atoms with Crippen molar-refractivity contribution in [2.45, 2.75) is 20.4 Å². The van der Waals surface area contributed by atoms with E-state index in [9.17, 15) is 4.79 Å². The Morgan fingerprint density at radius 1 is 1.71 bits per heavy atom. The number of amides is 1. The highest BCUT2D eigenvalue weighted by atomic mass is 16.5. The molecule has 6 heteroatoms. The van der Waals surface area contributed by atoms with Crippen LogP contribution in [0.3, 0.4) is 0 Å². The molecule has 0 aliphatic carbocycles. The molecule has 1 unspecified atom stereocenters. The van der Waals surface area contributed by atoms with Crippen molar-refractivity contribution in [3.8, 4) is 0 Å². The highest BCUT2D eigenvalue weighted by Gasteiger charge is 2.08. The lowest BCUT2D eigenvalue weighted by molar-refractivity contribution is -0.121. The van der Waals surface area contributed by atoms with E-state index in [0.29, 0.717) is 24.8 Å². The van der Waals surface area contributed by atoms with Crippen LogP contribution < -0.4 is 11.1 Å². The predicted molar refractivity (Wildman–Crippen MR) is 49.1 cm³/mol. The van der Waals surface area contributed by atoms with Crippen LogP contribution in [0.15, 0.2) is 4.52 Å². The number of aromatic nitrogens is 2. The monoisotopic (exact) mass is 198 g/mol. The van der Waals surface area contributed by atoms with Crippen molar-refractivity contribution in [3.05, 3.63) is 11.7 Å². The lowest BCUT2D eigenvalue weighted by Gasteiger charge is -2.06. The summed E-state index contributed by atoms with van der Waals surface area (Å²) in [6, 6.07) is 0. The van der Waals surface area contributed by atoms with Crippen LogP contribution in [0.4, 0.5) is 0 Å². The first kappa shape index (κ1) is 10.6. The molecule has 0 aliphatic rings. The summed E-state index contributed by atoms with van der Waals surface area (Å²) in [5.41, 5.74) is 5.09. The molecule has 0 saturated carbocycles. The number of carbonyl (C=O) groups is 1. The number of hydrogen-bond donors (Lipinski definition) is 2. The summed E-state index contributed by atoms with van der Waals surface area (Å²) in [4.78, 5) is 14.7. The molecule has 3 N–H and O–H groups in total. The maximum atomic E-state index is 10.7. The Labute approximate surface area is 81.9 Å². The van der Waals surface area contributed by atoms with Gasteiger partial charge in [0.15, 0.2) is 5.82 Å². The van der Waals surface area contributed by atoms with Gasteiger partial charge in [0.1, 0.15) is 0 Å². The van der Waals surface area contributed by atoms with E-state index in [0.717, 1.165) is 0 Å². The zero-order valence-electron chi connectivity index (χ0n) is 8.28. The zero-order chi connectivity index (χ0) is 10.6. The van der Waals surface area contributed by atoms with Crippen LogP contribution in [0, 0.1) is 12.8 Å². The Morgan fingerprint density at radius 2 is 2.43 bits per heavy atom. The fraction of sp³-hybridized carbons (Fsp3) is 0.625. The molecule has 0 radical (unpaired) electrons. The number of carbonyl (C=O) groups excluding carboxylic acids is 1. The van der Waals surface area contributed by atoms with E-state index >= 15 is 0 Å². The van der Waals surface area contributed by atoms with Gasteiger partial charge in [0.2, 0.25) is 11.8 Å². The second-order valence-electron chi connectivity index (χ2n) is 3.16. The van der Waals surface area contributed by atoms with Gasteiger partial charge >= 0.3 is 0 Å². The van der Waals surface area contributed by atoms with Crippen LogP contribution in [-0.4, -0.2) is 22.6 Å². The summed E-state index contributed by atoms with van der Waals surface area (Å²) in [6.45, 7) is 4.48. The van der Waals surface area contributed by atoms with Gasteiger partial charge in [-0.3, -0.25) is 4.79 Å². The lowest BCUT2D eigenvalue weighted by atomic mass is 10.2. The molecular formula is C8H14N4O2. The quantitative estimate of drug-likeness (QED) is 0.670. The summed E-state index contributed by atoms with van der Waals surface area (Å²) >= 11 is 0. The maximum absolute atomic E-state index is 10.7. The number of hydrogen-bond acceptors (Lipinski definition) is 5. The molecule has 1 aromatic heterocycles. The largest absolute Gasteiger partial charge is 0.369 e. The van der Waals surface area contributed by atoms with Crippen molar-refractivity contribution in [3.63, 3.8) is 0 Å². The minimum atomic E-state index is -0.318. The average molecular weight is 198 g/mol. The topological polar surface area (TPSA) is 94.0 Å². The molecule has 0 bridgehead atoms. The molecule has 0 aromatic carbocycles. The van der Waals surface area contributed by atoms with Crippen LogP contribution in [0.2, 0.25) is 0 Å². The van der Waals surface area contributed by atoms with Gasteiger partial charge in [-0.05, 0) is 0 Å². The van der Waals surface area contributed by atoms with Crippen molar-refractivity contribution in [2.24, 2.45) is 11.7 Å². The standard InChI is InChI=1S/C8H14N4O2/c1-5(8(9)13)3-10-4-7-11-6(2)14-12-7/h5,10H,3-4H2,1-2H3,(H2,9,13). The summed E-state index contributed by atoms with van der Waals surface area (Å²) in [7, 11) is 0.